The third-order valence-corrected chi connectivity index (χ3v) is 12.6. The molecule has 8 rings (SSSR count). The first-order valence-electron chi connectivity index (χ1n) is 19.0. The zero-order valence-corrected chi connectivity index (χ0v) is 31.6. The van der Waals surface area contributed by atoms with Crippen molar-refractivity contribution < 1.29 is 95.7 Å². The average Bonchev–Trinajstić information content (AvgIpc) is 3.24. The summed E-state index contributed by atoms with van der Waals surface area (Å²) < 4.78 is 12.0. The second-order valence-electron chi connectivity index (χ2n) is 15.7. The summed E-state index contributed by atoms with van der Waals surface area (Å²) in [6, 6.07) is 9.95. The number of carbonyl (C=O) groups is 2. The molecule has 0 aromatic heterocycles. The van der Waals surface area contributed by atoms with Gasteiger partial charge in [-0.05, 0) is 46.5 Å². The molecular formula is C42H42O19. The van der Waals surface area contributed by atoms with Crippen molar-refractivity contribution in [2.45, 2.75) is 85.3 Å². The van der Waals surface area contributed by atoms with E-state index in [2.05, 4.69) is 0 Å². The van der Waals surface area contributed by atoms with Gasteiger partial charge in [0.05, 0.1) is 54.1 Å². The van der Waals surface area contributed by atoms with E-state index in [-0.39, 0.29) is 22.3 Å². The first-order chi connectivity index (χ1) is 28.9. The Balaban J connectivity index is 1.53. The molecule has 4 aromatic carbocycles. The number of ether oxygens (including phenoxy) is 2. The summed E-state index contributed by atoms with van der Waals surface area (Å²) in [4.78, 5) is 29.2. The summed E-state index contributed by atoms with van der Waals surface area (Å²) in [6.45, 7) is -3.48. The van der Waals surface area contributed by atoms with Gasteiger partial charge in [-0.15, -0.1) is 0 Å². The van der Waals surface area contributed by atoms with E-state index in [1.165, 1.54) is 18.2 Å². The predicted molar refractivity (Wildman–Crippen MR) is 202 cm³/mol. The molecule has 324 valence electrons. The van der Waals surface area contributed by atoms with Crippen LogP contribution in [-0.4, -0.2) is 162 Å². The summed E-state index contributed by atoms with van der Waals surface area (Å²) in [5, 5.41) is 168. The van der Waals surface area contributed by atoms with Gasteiger partial charge in [-0.1, -0.05) is 30.3 Å². The lowest BCUT2D eigenvalue weighted by Crippen LogP contribution is -2.65. The number of phenols is 4. The average molecular weight is 851 g/mol. The minimum Gasteiger partial charge on any atom is -0.507 e. The minimum atomic E-state index is -2.93. The fourth-order valence-electron chi connectivity index (χ4n) is 9.71. The van der Waals surface area contributed by atoms with Crippen molar-refractivity contribution in [3.8, 4) is 23.0 Å². The molecule has 0 bridgehead atoms. The zero-order chi connectivity index (χ0) is 44.2. The molecule has 0 radical (unpaired) electrons. The highest BCUT2D eigenvalue weighted by molar-refractivity contribution is 6.18. The van der Waals surface area contributed by atoms with Gasteiger partial charge in [0, 0.05) is 16.7 Å². The van der Waals surface area contributed by atoms with E-state index < -0.39 is 172 Å². The molecule has 61 heavy (non-hydrogen) atoms. The summed E-state index contributed by atoms with van der Waals surface area (Å²) in [5.41, 5.74) is -10.6. The second kappa shape index (κ2) is 15.1. The van der Waals surface area contributed by atoms with E-state index >= 15 is 0 Å². The number of hydrogen-bond acceptors (Lipinski definition) is 19. The van der Waals surface area contributed by atoms with Crippen LogP contribution in [0.5, 0.6) is 23.0 Å². The minimum absolute atomic E-state index is 0.0642. The highest BCUT2D eigenvalue weighted by atomic mass is 16.6. The number of rotatable bonds is 7. The predicted octanol–water partition coefficient (Wildman–Crippen LogP) is -3.16. The highest BCUT2D eigenvalue weighted by Crippen LogP contribution is 2.59. The van der Waals surface area contributed by atoms with E-state index in [4.69, 9.17) is 9.47 Å². The molecule has 15 N–H and O–H groups in total. The number of benzene rings is 4. The molecule has 0 spiro atoms. The molecule has 0 unspecified atom stereocenters. The topological polar surface area (TPSA) is 356 Å². The SMILES string of the molecule is O=C1c2c(O)cccc2[C@](c2ccc3c(c2O)C(=O)c2c(O)cc(CO)cc2[C@]3(O)[C@@H]2O[C@H](CO)[C@H](O)[C@H](O)[C@@H]2O)([C@@H]2O[C@H](CO)[C@H](O)[C@H](O)[C@@H]2O)c2cc(CO)cc(O)c21. The largest absolute Gasteiger partial charge is 0.507 e. The van der Waals surface area contributed by atoms with Crippen molar-refractivity contribution in [1.29, 1.82) is 0 Å². The van der Waals surface area contributed by atoms with Crippen molar-refractivity contribution in [1.82, 2.24) is 0 Å². The van der Waals surface area contributed by atoms with E-state index in [0.717, 1.165) is 36.4 Å². The first kappa shape index (κ1) is 42.6. The molecule has 4 aliphatic rings. The Labute approximate surface area is 344 Å². The molecule has 2 saturated heterocycles. The van der Waals surface area contributed by atoms with Crippen molar-refractivity contribution in [3.05, 3.63) is 116 Å². The Morgan fingerprint density at radius 2 is 0.967 bits per heavy atom. The molecule has 0 amide bonds. The molecule has 2 fully saturated rings. The summed E-state index contributed by atoms with van der Waals surface area (Å²) in [7, 11) is 0. The maximum absolute atomic E-state index is 14.9. The number of fused-ring (bicyclic) bond motifs is 4. The van der Waals surface area contributed by atoms with Crippen LogP contribution in [0.1, 0.15) is 70.8 Å². The fraction of sp³-hybridized carbons (Fsp3) is 0.381. The van der Waals surface area contributed by atoms with Crippen LogP contribution in [0.4, 0.5) is 0 Å². The standard InChI is InChI=1S/C42H42O19/c43-10-14-6-19-27(22(48)8-14)33(53)26-16(2-1-3-21(26)47)41(19,39-37(57)35(55)31(51)24(12-45)60-39)18-5-4-17-29(30(18)50)34(54)28-20(7-15(11-44)9-23(28)49)42(17,59)40-38(58)36(56)32(52)25(13-46)61-40/h1-9,24-25,31-32,35-40,43-52,55-59H,10-13H2/t24-,25-,31+,32+,35+,36+,37+,38+,39-,40-,41-,42+/m1/s1. The summed E-state index contributed by atoms with van der Waals surface area (Å²) in [6.07, 6.45) is -20.1. The van der Waals surface area contributed by atoms with E-state index in [9.17, 15) is 86.2 Å². The number of phenolic OH excluding ortho intramolecular Hbond substituents is 4. The van der Waals surface area contributed by atoms with E-state index in [1.807, 2.05) is 0 Å². The van der Waals surface area contributed by atoms with Gasteiger partial charge in [0.1, 0.15) is 89.6 Å². The van der Waals surface area contributed by atoms with Gasteiger partial charge in [-0.2, -0.15) is 0 Å². The Kier molecular flexibility index (Phi) is 10.5. The maximum atomic E-state index is 14.9. The fourth-order valence-corrected chi connectivity index (χ4v) is 9.71. The van der Waals surface area contributed by atoms with Gasteiger partial charge < -0.3 is 86.1 Å². The Hall–Kier alpha value is -5.10. The maximum Gasteiger partial charge on any atom is 0.201 e. The first-order valence-corrected chi connectivity index (χ1v) is 19.0. The molecule has 2 heterocycles. The van der Waals surface area contributed by atoms with Crippen LogP contribution in [0.15, 0.2) is 54.6 Å². The quantitative estimate of drug-likeness (QED) is 0.0872. The third-order valence-electron chi connectivity index (χ3n) is 12.6. The molecular weight excluding hydrogens is 808 g/mol. The van der Waals surface area contributed by atoms with Crippen LogP contribution >= 0.6 is 0 Å². The lowest BCUT2D eigenvalue weighted by molar-refractivity contribution is -0.265. The van der Waals surface area contributed by atoms with Crippen molar-refractivity contribution in [3.63, 3.8) is 0 Å². The van der Waals surface area contributed by atoms with Gasteiger partial charge in [0.25, 0.3) is 0 Å². The van der Waals surface area contributed by atoms with Crippen molar-refractivity contribution >= 4 is 11.6 Å². The third kappa shape index (κ3) is 5.72. The van der Waals surface area contributed by atoms with Crippen LogP contribution in [0.2, 0.25) is 0 Å². The van der Waals surface area contributed by atoms with Crippen LogP contribution in [0, 0.1) is 0 Å². The van der Waals surface area contributed by atoms with Crippen LogP contribution < -0.4 is 0 Å². The monoisotopic (exact) mass is 850 g/mol. The number of ketones is 2. The highest BCUT2D eigenvalue weighted by Gasteiger charge is 2.63. The molecule has 2 aliphatic carbocycles. The molecule has 19 heteroatoms. The van der Waals surface area contributed by atoms with Crippen LogP contribution in [0.3, 0.4) is 0 Å². The molecule has 19 nitrogen and oxygen atoms in total. The Morgan fingerprint density at radius 1 is 0.492 bits per heavy atom. The number of aromatic hydroxyl groups is 4. The van der Waals surface area contributed by atoms with Gasteiger partial charge >= 0.3 is 0 Å². The molecule has 2 aliphatic heterocycles. The number of carbonyl (C=O) groups excluding carboxylic acids is 2. The smallest absolute Gasteiger partial charge is 0.201 e. The van der Waals surface area contributed by atoms with Crippen LogP contribution in [0.25, 0.3) is 0 Å². The lowest BCUT2D eigenvalue weighted by atomic mass is 9.56. The number of aliphatic hydroxyl groups excluding tert-OH is 10. The van der Waals surface area contributed by atoms with Crippen molar-refractivity contribution in [2.75, 3.05) is 13.2 Å². The summed E-state index contributed by atoms with van der Waals surface area (Å²) >= 11 is 0. The summed E-state index contributed by atoms with van der Waals surface area (Å²) in [5.74, 6) is -5.69. The van der Waals surface area contributed by atoms with E-state index in [1.54, 1.807) is 0 Å². The van der Waals surface area contributed by atoms with E-state index in [0.29, 0.717) is 0 Å². The van der Waals surface area contributed by atoms with Gasteiger partial charge in [0.15, 0.2) is 0 Å². The van der Waals surface area contributed by atoms with Gasteiger partial charge in [-0.3, -0.25) is 9.59 Å². The number of hydrogen-bond donors (Lipinski definition) is 15. The Bertz CT molecular complexity index is 2450. The zero-order valence-electron chi connectivity index (χ0n) is 31.6. The van der Waals surface area contributed by atoms with Crippen LogP contribution in [-0.2, 0) is 33.7 Å². The Morgan fingerprint density at radius 3 is 1.52 bits per heavy atom. The molecule has 4 aromatic rings. The van der Waals surface area contributed by atoms with Crippen molar-refractivity contribution in [2.24, 2.45) is 0 Å². The van der Waals surface area contributed by atoms with Gasteiger partial charge in [-0.25, -0.2) is 0 Å². The molecule has 12 atom stereocenters. The number of aliphatic hydroxyl groups is 11. The molecule has 0 saturated carbocycles. The van der Waals surface area contributed by atoms with Gasteiger partial charge in [0.2, 0.25) is 11.6 Å². The second-order valence-corrected chi connectivity index (χ2v) is 15.7. The lowest BCUT2D eigenvalue weighted by Gasteiger charge is -2.52. The normalized spacial score (nSPS) is 33.1.